The Morgan fingerprint density at radius 1 is 0.741 bits per heavy atom. The molecule has 0 N–H and O–H groups in total. The third kappa shape index (κ3) is 3.31. The highest BCUT2D eigenvalue weighted by molar-refractivity contribution is 6.74. The molecule has 7 nitrogen and oxygen atoms in total. The van der Waals surface area contributed by atoms with Crippen LogP contribution in [0.4, 0.5) is 5.69 Å². The third-order valence-electron chi connectivity index (χ3n) is 6.30. The van der Waals surface area contributed by atoms with Gasteiger partial charge in [0, 0.05) is 12.1 Å². The molecule has 0 bridgehead atoms. The lowest BCUT2D eigenvalue weighted by molar-refractivity contribution is -0.384. The van der Waals surface area contributed by atoms with Gasteiger partial charge in [-0.1, -0.05) is 6.07 Å². The fourth-order valence-electron chi connectivity index (χ4n) is 3.03. The van der Waals surface area contributed by atoms with Crippen LogP contribution in [0.5, 0.6) is 0 Å². The smallest absolute Gasteiger partial charge is 0.399 e. The maximum atomic E-state index is 11.3. The van der Waals surface area contributed by atoms with Crippen molar-refractivity contribution >= 4 is 30.8 Å². The van der Waals surface area contributed by atoms with E-state index in [-0.39, 0.29) is 5.69 Å². The zero-order valence-electron chi connectivity index (χ0n) is 17.3. The molecule has 0 amide bonds. The molecule has 0 unspecified atom stereocenters. The maximum absolute atomic E-state index is 11.3. The summed E-state index contributed by atoms with van der Waals surface area (Å²) in [5.74, 6) is 0. The normalized spacial score (nSPS) is 25.0. The Balaban J connectivity index is 2.05. The second-order valence-corrected chi connectivity index (χ2v) is 9.25. The molecule has 0 aliphatic carbocycles. The van der Waals surface area contributed by atoms with Gasteiger partial charge < -0.3 is 18.6 Å². The first kappa shape index (κ1) is 20.3. The Kier molecular flexibility index (Phi) is 4.55. The van der Waals surface area contributed by atoms with Gasteiger partial charge in [-0.3, -0.25) is 10.1 Å². The van der Waals surface area contributed by atoms with Crippen molar-refractivity contribution in [2.24, 2.45) is 0 Å². The van der Waals surface area contributed by atoms with Gasteiger partial charge in [0.2, 0.25) is 0 Å². The quantitative estimate of drug-likeness (QED) is 0.458. The molecule has 2 saturated heterocycles. The van der Waals surface area contributed by atoms with Crippen LogP contribution in [0.25, 0.3) is 0 Å². The number of benzene rings is 1. The van der Waals surface area contributed by atoms with Gasteiger partial charge in [-0.15, -0.1) is 0 Å². The van der Waals surface area contributed by atoms with E-state index < -0.39 is 41.6 Å². The van der Waals surface area contributed by atoms with E-state index in [1.54, 1.807) is 6.07 Å². The number of nitrogens with zero attached hydrogens (tertiary/aromatic N) is 1. The molecule has 0 radical (unpaired) electrons. The molecule has 146 valence electrons. The van der Waals surface area contributed by atoms with Crippen LogP contribution in [-0.2, 0) is 18.6 Å². The van der Waals surface area contributed by atoms with Gasteiger partial charge in [0.15, 0.2) is 0 Å². The largest absolute Gasteiger partial charge is 0.494 e. The maximum Gasteiger partial charge on any atom is 0.494 e. The van der Waals surface area contributed by atoms with E-state index in [9.17, 15) is 10.1 Å². The van der Waals surface area contributed by atoms with Crippen molar-refractivity contribution in [1.82, 2.24) is 0 Å². The van der Waals surface area contributed by atoms with Crippen LogP contribution in [0.1, 0.15) is 55.4 Å². The van der Waals surface area contributed by atoms with Gasteiger partial charge in [0.1, 0.15) is 0 Å². The van der Waals surface area contributed by atoms with Crippen LogP contribution in [-0.4, -0.2) is 41.6 Å². The third-order valence-corrected chi connectivity index (χ3v) is 6.30. The Morgan fingerprint density at radius 3 is 1.48 bits per heavy atom. The van der Waals surface area contributed by atoms with Crippen molar-refractivity contribution in [3.63, 3.8) is 0 Å². The molecule has 1 aromatic rings. The van der Waals surface area contributed by atoms with E-state index in [2.05, 4.69) is 0 Å². The van der Waals surface area contributed by atoms with Crippen LogP contribution < -0.4 is 10.9 Å². The number of nitro groups is 1. The van der Waals surface area contributed by atoms with Gasteiger partial charge >= 0.3 is 14.2 Å². The minimum Gasteiger partial charge on any atom is -0.399 e. The second-order valence-electron chi connectivity index (χ2n) is 9.25. The highest BCUT2D eigenvalue weighted by atomic mass is 16.7. The van der Waals surface area contributed by atoms with Crippen LogP contribution in [0.15, 0.2) is 18.2 Å². The molecular formula is C18H27B2NO6. The molecule has 0 aromatic heterocycles. The fourth-order valence-corrected chi connectivity index (χ4v) is 3.03. The molecule has 2 fully saturated rings. The summed E-state index contributed by atoms with van der Waals surface area (Å²) < 4.78 is 24.6. The second kappa shape index (κ2) is 6.04. The molecular weight excluding hydrogens is 348 g/mol. The first-order valence-electron chi connectivity index (χ1n) is 9.16. The molecule has 2 aliphatic heterocycles. The minimum absolute atomic E-state index is 0.0278. The average molecular weight is 375 g/mol. The van der Waals surface area contributed by atoms with E-state index in [0.29, 0.717) is 10.9 Å². The van der Waals surface area contributed by atoms with Crippen molar-refractivity contribution in [1.29, 1.82) is 0 Å². The standard InChI is InChI=1S/C18H27B2NO6/c1-15(2)16(3,4)25-19(24-15)13-10-9-12(21(22)23)11-14(13)20-26-17(5,6)18(7,8)27-20/h9-11H,1-8H3. The highest BCUT2D eigenvalue weighted by Gasteiger charge is 2.56. The summed E-state index contributed by atoms with van der Waals surface area (Å²) in [6.07, 6.45) is 0. The number of hydrogen-bond acceptors (Lipinski definition) is 6. The number of nitro benzene ring substituents is 1. The Bertz CT molecular complexity index is 745. The van der Waals surface area contributed by atoms with Crippen LogP contribution in [0.2, 0.25) is 0 Å². The van der Waals surface area contributed by atoms with Crippen molar-refractivity contribution in [3.8, 4) is 0 Å². The van der Waals surface area contributed by atoms with Crippen molar-refractivity contribution < 1.29 is 23.5 Å². The van der Waals surface area contributed by atoms with Crippen molar-refractivity contribution in [2.45, 2.75) is 77.8 Å². The van der Waals surface area contributed by atoms with E-state index in [0.717, 1.165) is 0 Å². The van der Waals surface area contributed by atoms with Crippen LogP contribution in [0, 0.1) is 10.1 Å². The SMILES string of the molecule is CC1(C)OB(c2ccc([N+](=O)[O-])cc2B2OC(C)(C)C(C)(C)O2)OC1(C)C. The summed E-state index contributed by atoms with van der Waals surface area (Å²) in [7, 11) is -1.41. The summed E-state index contributed by atoms with van der Waals surface area (Å²) in [5, 5.41) is 11.3. The first-order valence-corrected chi connectivity index (χ1v) is 9.16. The summed E-state index contributed by atoms with van der Waals surface area (Å²) in [6.45, 7) is 15.6. The Labute approximate surface area is 161 Å². The summed E-state index contributed by atoms with van der Waals surface area (Å²) >= 11 is 0. The van der Waals surface area contributed by atoms with Crippen LogP contribution in [0.3, 0.4) is 0 Å². The molecule has 0 atom stereocenters. The predicted molar refractivity (Wildman–Crippen MR) is 105 cm³/mol. The average Bonchev–Trinajstić information content (AvgIpc) is 2.86. The summed E-state index contributed by atoms with van der Waals surface area (Å²) in [4.78, 5) is 10.9. The first-order chi connectivity index (χ1) is 12.2. The lowest BCUT2D eigenvalue weighted by atomic mass is 9.64. The molecule has 2 heterocycles. The van der Waals surface area contributed by atoms with Gasteiger partial charge in [0.25, 0.3) is 5.69 Å². The lowest BCUT2D eigenvalue weighted by Crippen LogP contribution is -2.51. The monoisotopic (exact) mass is 375 g/mol. The molecule has 27 heavy (non-hydrogen) atoms. The van der Waals surface area contributed by atoms with Gasteiger partial charge in [-0.2, -0.15) is 0 Å². The fraction of sp³-hybridized carbons (Fsp3) is 0.667. The molecule has 0 spiro atoms. The van der Waals surface area contributed by atoms with Crippen molar-refractivity contribution in [2.75, 3.05) is 0 Å². The van der Waals surface area contributed by atoms with E-state index in [4.69, 9.17) is 18.6 Å². The number of non-ortho nitro benzene ring substituents is 1. The van der Waals surface area contributed by atoms with E-state index >= 15 is 0 Å². The van der Waals surface area contributed by atoms with Crippen molar-refractivity contribution in [3.05, 3.63) is 28.3 Å². The van der Waals surface area contributed by atoms with Gasteiger partial charge in [-0.05, 0) is 66.3 Å². The Hall–Kier alpha value is -1.41. The minimum atomic E-state index is -0.746. The number of rotatable bonds is 3. The topological polar surface area (TPSA) is 80.1 Å². The molecule has 0 saturated carbocycles. The zero-order valence-corrected chi connectivity index (χ0v) is 17.3. The summed E-state index contributed by atoms with van der Waals surface area (Å²) in [5.41, 5.74) is -0.955. The predicted octanol–water partition coefficient (Wildman–Crippen LogP) is 2.19. The lowest BCUT2D eigenvalue weighted by Gasteiger charge is -2.32. The summed E-state index contributed by atoms with van der Waals surface area (Å²) in [6, 6.07) is 4.61. The van der Waals surface area contributed by atoms with E-state index in [1.165, 1.54) is 12.1 Å². The molecule has 2 aliphatic rings. The molecule has 1 aromatic carbocycles. The number of hydrogen-bond donors (Lipinski definition) is 0. The Morgan fingerprint density at radius 2 is 1.11 bits per heavy atom. The van der Waals surface area contributed by atoms with Crippen LogP contribution >= 0.6 is 0 Å². The van der Waals surface area contributed by atoms with Gasteiger partial charge in [0.05, 0.1) is 27.3 Å². The van der Waals surface area contributed by atoms with Gasteiger partial charge in [-0.25, -0.2) is 0 Å². The zero-order chi connectivity index (χ0) is 20.4. The molecule has 3 rings (SSSR count). The molecule has 9 heteroatoms. The van der Waals surface area contributed by atoms with E-state index in [1.807, 2.05) is 55.4 Å². The highest BCUT2D eigenvalue weighted by Crippen LogP contribution is 2.38.